The zero-order valence-corrected chi connectivity index (χ0v) is 16.5. The Labute approximate surface area is 164 Å². The third-order valence-corrected chi connectivity index (χ3v) is 5.11. The minimum Gasteiger partial charge on any atom is -0.355 e. The van der Waals surface area contributed by atoms with Crippen molar-refractivity contribution in [2.45, 2.75) is 37.8 Å². The second-order valence-corrected chi connectivity index (χ2v) is 7.12. The quantitative estimate of drug-likeness (QED) is 0.664. The Kier molecular flexibility index (Phi) is 8.33. The van der Waals surface area contributed by atoms with E-state index in [2.05, 4.69) is 5.32 Å². The van der Waals surface area contributed by atoms with Gasteiger partial charge in [0.15, 0.2) is 0 Å². The summed E-state index contributed by atoms with van der Waals surface area (Å²) in [7, 11) is 0. The first-order chi connectivity index (χ1) is 13.0. The van der Waals surface area contributed by atoms with E-state index in [1.165, 1.54) is 23.9 Å². The van der Waals surface area contributed by atoms with Crippen molar-refractivity contribution in [1.29, 1.82) is 0 Å². The highest BCUT2D eigenvalue weighted by Gasteiger charge is 2.28. The van der Waals surface area contributed by atoms with Gasteiger partial charge in [-0.25, -0.2) is 4.39 Å². The molecule has 0 saturated heterocycles. The molecule has 0 aliphatic carbocycles. The third-order valence-electron chi connectivity index (χ3n) is 4.11. The average molecular weight is 389 g/mol. The molecule has 2 rings (SSSR count). The van der Waals surface area contributed by atoms with Gasteiger partial charge in [0.25, 0.3) is 0 Å². The maximum Gasteiger partial charge on any atom is 0.242 e. The molecule has 2 aromatic carbocycles. The first kappa shape index (κ1) is 21.0. The van der Waals surface area contributed by atoms with Crippen molar-refractivity contribution in [3.63, 3.8) is 0 Å². The maximum atomic E-state index is 13.2. The summed E-state index contributed by atoms with van der Waals surface area (Å²) in [6, 6.07) is 15.1. The summed E-state index contributed by atoms with van der Waals surface area (Å²) >= 11 is 1.44. The van der Waals surface area contributed by atoms with Crippen molar-refractivity contribution >= 4 is 23.6 Å². The van der Waals surface area contributed by atoms with Crippen LogP contribution in [-0.2, 0) is 16.1 Å². The van der Waals surface area contributed by atoms with Crippen molar-refractivity contribution in [2.24, 2.45) is 0 Å². The highest BCUT2D eigenvalue weighted by Crippen LogP contribution is 2.20. The van der Waals surface area contributed by atoms with Gasteiger partial charge in [0.2, 0.25) is 11.8 Å². The molecule has 1 unspecified atom stereocenters. The van der Waals surface area contributed by atoms with Gasteiger partial charge < -0.3 is 10.2 Å². The topological polar surface area (TPSA) is 49.4 Å². The number of thioether (sulfide) groups is 1. The zero-order valence-electron chi connectivity index (χ0n) is 15.7. The molecule has 1 N–H and O–H groups in total. The van der Waals surface area contributed by atoms with E-state index >= 15 is 0 Å². The van der Waals surface area contributed by atoms with E-state index in [1.807, 2.05) is 44.2 Å². The smallest absolute Gasteiger partial charge is 0.242 e. The van der Waals surface area contributed by atoms with Crippen LogP contribution in [0.5, 0.6) is 0 Å². The van der Waals surface area contributed by atoms with Gasteiger partial charge in [0.1, 0.15) is 11.9 Å². The monoisotopic (exact) mass is 388 g/mol. The van der Waals surface area contributed by atoms with E-state index in [0.29, 0.717) is 13.0 Å². The van der Waals surface area contributed by atoms with E-state index in [1.54, 1.807) is 17.0 Å². The van der Waals surface area contributed by atoms with Crippen LogP contribution < -0.4 is 5.32 Å². The van der Waals surface area contributed by atoms with Crippen LogP contribution in [0, 0.1) is 5.82 Å². The molecule has 144 valence electrons. The van der Waals surface area contributed by atoms with Crippen LogP contribution in [-0.4, -0.2) is 35.1 Å². The number of hydrogen-bond donors (Lipinski definition) is 1. The van der Waals surface area contributed by atoms with E-state index < -0.39 is 6.04 Å². The number of nitrogens with one attached hydrogen (secondary N) is 1. The third kappa shape index (κ3) is 6.40. The molecule has 6 heteroatoms. The number of benzene rings is 2. The number of rotatable bonds is 9. The van der Waals surface area contributed by atoms with Gasteiger partial charge in [-0.15, -0.1) is 11.8 Å². The van der Waals surface area contributed by atoms with Gasteiger partial charge in [0.05, 0.1) is 5.75 Å². The minimum absolute atomic E-state index is 0.119. The molecule has 0 heterocycles. The first-order valence-electron chi connectivity index (χ1n) is 9.04. The Hall–Kier alpha value is -2.34. The highest BCUT2D eigenvalue weighted by molar-refractivity contribution is 8.00. The molecule has 0 aliphatic heterocycles. The number of carbonyl (C=O) groups is 2. The molecule has 0 aromatic heterocycles. The molecule has 1 atom stereocenters. The second-order valence-electron chi connectivity index (χ2n) is 6.07. The number of halogens is 1. The molecule has 27 heavy (non-hydrogen) atoms. The molecule has 0 aliphatic rings. The fraction of sp³-hybridized carbons (Fsp3) is 0.333. The minimum atomic E-state index is -0.557. The molecule has 2 aromatic rings. The molecule has 4 nitrogen and oxygen atoms in total. The van der Waals surface area contributed by atoms with Gasteiger partial charge in [-0.1, -0.05) is 37.3 Å². The van der Waals surface area contributed by atoms with Gasteiger partial charge in [-0.05, 0) is 43.2 Å². The molecule has 2 amide bonds. The molecule has 0 radical (unpaired) electrons. The van der Waals surface area contributed by atoms with Gasteiger partial charge >= 0.3 is 0 Å². The summed E-state index contributed by atoms with van der Waals surface area (Å²) in [6.07, 6.45) is 0.509. The van der Waals surface area contributed by atoms with Crippen LogP contribution in [0.4, 0.5) is 4.39 Å². The van der Waals surface area contributed by atoms with Crippen LogP contribution >= 0.6 is 11.8 Å². The number of hydrogen-bond acceptors (Lipinski definition) is 3. The predicted molar refractivity (Wildman–Crippen MR) is 107 cm³/mol. The molecule has 0 saturated carbocycles. The maximum absolute atomic E-state index is 13.2. The Morgan fingerprint density at radius 3 is 2.33 bits per heavy atom. The number of nitrogens with zero attached hydrogens (tertiary/aromatic N) is 1. The Balaban J connectivity index is 2.17. The normalized spacial score (nSPS) is 11.7. The largest absolute Gasteiger partial charge is 0.355 e. The van der Waals surface area contributed by atoms with Crippen LogP contribution in [0.1, 0.15) is 25.8 Å². The van der Waals surface area contributed by atoms with E-state index in [9.17, 15) is 14.0 Å². The summed E-state index contributed by atoms with van der Waals surface area (Å²) < 4.78 is 13.2. The summed E-state index contributed by atoms with van der Waals surface area (Å²) in [5.74, 6) is -0.375. The lowest BCUT2D eigenvalue weighted by molar-refractivity contribution is -0.139. The Morgan fingerprint density at radius 2 is 1.74 bits per heavy atom. The van der Waals surface area contributed by atoms with Crippen molar-refractivity contribution in [1.82, 2.24) is 10.2 Å². The van der Waals surface area contributed by atoms with Crippen LogP contribution in [0.15, 0.2) is 59.5 Å². The summed E-state index contributed by atoms with van der Waals surface area (Å²) in [4.78, 5) is 28.0. The van der Waals surface area contributed by atoms with Crippen LogP contribution in [0.25, 0.3) is 0 Å². The van der Waals surface area contributed by atoms with Crippen molar-refractivity contribution < 1.29 is 14.0 Å². The predicted octanol–water partition coefficient (Wildman–Crippen LogP) is 3.86. The van der Waals surface area contributed by atoms with Crippen LogP contribution in [0.2, 0.25) is 0 Å². The van der Waals surface area contributed by atoms with Crippen molar-refractivity contribution in [2.75, 3.05) is 12.3 Å². The van der Waals surface area contributed by atoms with Crippen molar-refractivity contribution in [3.8, 4) is 0 Å². The molecular weight excluding hydrogens is 363 g/mol. The van der Waals surface area contributed by atoms with Gasteiger partial charge in [-0.3, -0.25) is 9.59 Å². The molecular formula is C21H25FN2O2S. The first-order valence-corrected chi connectivity index (χ1v) is 10.0. The lowest BCUT2D eigenvalue weighted by atomic mass is 10.1. The Morgan fingerprint density at radius 1 is 1.07 bits per heavy atom. The number of likely N-dealkylation sites (N-methyl/N-ethyl adjacent to an activating group) is 1. The van der Waals surface area contributed by atoms with E-state index in [-0.39, 0.29) is 29.9 Å². The number of amides is 2. The lowest BCUT2D eigenvalue weighted by Crippen LogP contribution is -2.49. The van der Waals surface area contributed by atoms with Crippen LogP contribution in [0.3, 0.4) is 0 Å². The van der Waals surface area contributed by atoms with Gasteiger partial charge in [0, 0.05) is 18.0 Å². The SMILES string of the molecule is CCNC(=O)C(CC)N(Cc1ccc(F)cc1)C(=O)CSc1ccccc1. The van der Waals surface area contributed by atoms with E-state index in [0.717, 1.165) is 10.5 Å². The number of carbonyl (C=O) groups excluding carboxylic acids is 2. The summed E-state index contributed by atoms with van der Waals surface area (Å²) in [6.45, 7) is 4.51. The van der Waals surface area contributed by atoms with Crippen molar-refractivity contribution in [3.05, 3.63) is 66.0 Å². The fourth-order valence-electron chi connectivity index (χ4n) is 2.74. The zero-order chi connectivity index (χ0) is 19.6. The van der Waals surface area contributed by atoms with Gasteiger partial charge in [-0.2, -0.15) is 0 Å². The Bertz CT molecular complexity index is 738. The summed E-state index contributed by atoms with van der Waals surface area (Å²) in [5, 5.41) is 2.80. The molecule has 0 fully saturated rings. The summed E-state index contributed by atoms with van der Waals surface area (Å²) in [5.41, 5.74) is 0.789. The van der Waals surface area contributed by atoms with E-state index in [4.69, 9.17) is 0 Å². The highest BCUT2D eigenvalue weighted by atomic mass is 32.2. The second kappa shape index (κ2) is 10.7. The molecule has 0 bridgehead atoms. The fourth-order valence-corrected chi connectivity index (χ4v) is 3.55. The average Bonchev–Trinajstić information content (AvgIpc) is 2.68. The molecule has 0 spiro atoms. The standard InChI is InChI=1S/C21H25FN2O2S/c1-3-19(21(26)23-4-2)24(14-16-10-12-17(22)13-11-16)20(25)15-27-18-8-6-5-7-9-18/h5-13,19H,3-4,14-15H2,1-2H3,(H,23,26). The lowest BCUT2D eigenvalue weighted by Gasteiger charge is -2.30.